The van der Waals surface area contributed by atoms with Crippen LogP contribution in [-0.4, -0.2) is 31.0 Å². The Morgan fingerprint density at radius 1 is 1.03 bits per heavy atom. The summed E-state index contributed by atoms with van der Waals surface area (Å²) in [4.78, 5) is 15.3. The Hall–Kier alpha value is -3.29. The predicted molar refractivity (Wildman–Crippen MR) is 129 cm³/mol. The maximum absolute atomic E-state index is 12.4. The first-order valence-electron chi connectivity index (χ1n) is 10.8. The van der Waals surface area contributed by atoms with Crippen LogP contribution < -0.4 is 4.72 Å². The molecule has 0 aliphatic carbocycles. The van der Waals surface area contributed by atoms with Gasteiger partial charge in [-0.1, -0.05) is 54.1 Å². The van der Waals surface area contributed by atoms with Crippen LogP contribution in [0.4, 0.5) is 0 Å². The van der Waals surface area contributed by atoms with Gasteiger partial charge >= 0.3 is 5.97 Å². The SMILES string of the molecule is Cc1ccc(S(=O)(=O)NCCc2ccc(C(=CCCCC(=O)O)c3cccnc3)cc2)cc1. The highest BCUT2D eigenvalue weighted by molar-refractivity contribution is 7.89. The molecule has 1 aromatic heterocycles. The highest BCUT2D eigenvalue weighted by Gasteiger charge is 2.13. The molecular formula is C26H28N2O4S. The third-order valence-electron chi connectivity index (χ3n) is 5.22. The maximum atomic E-state index is 12.4. The number of aryl methyl sites for hydroxylation is 1. The average molecular weight is 465 g/mol. The first-order valence-corrected chi connectivity index (χ1v) is 12.3. The van der Waals surface area contributed by atoms with E-state index in [1.54, 1.807) is 36.7 Å². The van der Waals surface area contributed by atoms with Gasteiger partial charge in [-0.3, -0.25) is 9.78 Å². The second kappa shape index (κ2) is 11.5. The van der Waals surface area contributed by atoms with Gasteiger partial charge in [0.25, 0.3) is 0 Å². The Morgan fingerprint density at radius 3 is 2.39 bits per heavy atom. The van der Waals surface area contributed by atoms with Crippen LogP contribution in [0.3, 0.4) is 0 Å². The van der Waals surface area contributed by atoms with E-state index in [9.17, 15) is 13.2 Å². The lowest BCUT2D eigenvalue weighted by molar-refractivity contribution is -0.137. The first-order chi connectivity index (χ1) is 15.8. The summed E-state index contributed by atoms with van der Waals surface area (Å²) in [5.74, 6) is -0.798. The Balaban J connectivity index is 1.65. The molecule has 7 heteroatoms. The third kappa shape index (κ3) is 7.37. The molecule has 2 N–H and O–H groups in total. The molecule has 3 aromatic rings. The molecule has 0 bridgehead atoms. The van der Waals surface area contributed by atoms with Crippen LogP contribution >= 0.6 is 0 Å². The fourth-order valence-corrected chi connectivity index (χ4v) is 4.44. The molecule has 0 saturated carbocycles. The van der Waals surface area contributed by atoms with Gasteiger partial charge in [0.05, 0.1) is 4.90 Å². The third-order valence-corrected chi connectivity index (χ3v) is 6.69. The monoisotopic (exact) mass is 464 g/mol. The standard InChI is InChI=1S/C26H28N2O4S/c1-20-8-14-24(15-9-20)33(31,32)28-18-16-21-10-12-22(13-11-21)25(6-2-3-7-26(29)30)23-5-4-17-27-19-23/h4-6,8-15,17,19,28H,2-3,7,16,18H2,1H3,(H,29,30). The summed E-state index contributed by atoms with van der Waals surface area (Å²) < 4.78 is 27.5. The molecule has 33 heavy (non-hydrogen) atoms. The molecule has 0 fully saturated rings. The lowest BCUT2D eigenvalue weighted by atomic mass is 9.96. The van der Waals surface area contributed by atoms with E-state index < -0.39 is 16.0 Å². The van der Waals surface area contributed by atoms with Crippen molar-refractivity contribution in [1.29, 1.82) is 0 Å². The number of pyridine rings is 1. The number of carboxylic acid groups (broad SMARTS) is 1. The molecule has 1 heterocycles. The second-order valence-corrected chi connectivity index (χ2v) is 9.57. The Morgan fingerprint density at radius 2 is 1.76 bits per heavy atom. The van der Waals surface area contributed by atoms with Crippen molar-refractivity contribution in [2.45, 2.75) is 37.5 Å². The fourth-order valence-electron chi connectivity index (χ4n) is 3.41. The van der Waals surface area contributed by atoms with Gasteiger partial charge in [0, 0.05) is 30.9 Å². The molecule has 0 amide bonds. The summed E-state index contributed by atoms with van der Waals surface area (Å²) >= 11 is 0. The summed E-state index contributed by atoms with van der Waals surface area (Å²) in [6.45, 7) is 2.22. The lowest BCUT2D eigenvalue weighted by Gasteiger charge is -2.10. The summed E-state index contributed by atoms with van der Waals surface area (Å²) in [5.41, 5.74) is 4.99. The number of aliphatic carboxylic acids is 1. The number of sulfonamides is 1. The van der Waals surface area contributed by atoms with E-state index in [1.807, 2.05) is 49.4 Å². The van der Waals surface area contributed by atoms with E-state index in [-0.39, 0.29) is 11.3 Å². The van der Waals surface area contributed by atoms with Crippen molar-refractivity contribution in [3.05, 3.63) is 101 Å². The largest absolute Gasteiger partial charge is 0.481 e. The van der Waals surface area contributed by atoms with E-state index in [2.05, 4.69) is 9.71 Å². The number of nitrogens with zero attached hydrogens (tertiary/aromatic N) is 1. The highest BCUT2D eigenvalue weighted by atomic mass is 32.2. The zero-order valence-electron chi connectivity index (χ0n) is 18.6. The molecule has 3 rings (SSSR count). The normalized spacial score (nSPS) is 12.0. The van der Waals surface area contributed by atoms with Crippen molar-refractivity contribution < 1.29 is 18.3 Å². The van der Waals surface area contributed by atoms with E-state index in [0.29, 0.717) is 25.8 Å². The van der Waals surface area contributed by atoms with Crippen molar-refractivity contribution in [3.8, 4) is 0 Å². The number of unbranched alkanes of at least 4 members (excludes halogenated alkanes) is 1. The maximum Gasteiger partial charge on any atom is 0.303 e. The number of carboxylic acids is 1. The smallest absolute Gasteiger partial charge is 0.303 e. The van der Waals surface area contributed by atoms with Crippen molar-refractivity contribution in [1.82, 2.24) is 9.71 Å². The van der Waals surface area contributed by atoms with Crippen LogP contribution in [0.2, 0.25) is 0 Å². The Bertz CT molecular complexity index is 1190. The molecule has 0 unspecified atom stereocenters. The number of aromatic nitrogens is 1. The van der Waals surface area contributed by atoms with E-state index >= 15 is 0 Å². The summed E-state index contributed by atoms with van der Waals surface area (Å²) in [7, 11) is -3.53. The minimum absolute atomic E-state index is 0.133. The molecule has 172 valence electrons. The number of hydrogen-bond donors (Lipinski definition) is 2. The molecule has 0 spiro atoms. The summed E-state index contributed by atoms with van der Waals surface area (Å²) in [5, 5.41) is 8.87. The predicted octanol–water partition coefficient (Wildman–Crippen LogP) is 4.60. The quantitative estimate of drug-likeness (QED) is 0.404. The number of carbonyl (C=O) groups is 1. The Kier molecular flexibility index (Phi) is 8.52. The van der Waals surface area contributed by atoms with Crippen molar-refractivity contribution in [2.75, 3.05) is 6.54 Å². The average Bonchev–Trinajstić information content (AvgIpc) is 2.80. The molecule has 0 radical (unpaired) electrons. The van der Waals surface area contributed by atoms with Gasteiger partial charge in [-0.2, -0.15) is 0 Å². The van der Waals surface area contributed by atoms with Gasteiger partial charge < -0.3 is 5.11 Å². The summed E-state index contributed by atoms with van der Waals surface area (Å²) in [6, 6.07) is 18.6. The zero-order chi connectivity index (χ0) is 23.7. The van der Waals surface area contributed by atoms with Crippen molar-refractivity contribution in [3.63, 3.8) is 0 Å². The van der Waals surface area contributed by atoms with Gasteiger partial charge in [-0.25, -0.2) is 13.1 Å². The van der Waals surface area contributed by atoms with Gasteiger partial charge in [0.15, 0.2) is 0 Å². The number of rotatable bonds is 11. The second-order valence-electron chi connectivity index (χ2n) is 7.80. The van der Waals surface area contributed by atoms with Crippen LogP contribution in [0.1, 0.15) is 41.5 Å². The van der Waals surface area contributed by atoms with Crippen LogP contribution in [0.25, 0.3) is 5.57 Å². The Labute approximate surface area is 195 Å². The van der Waals surface area contributed by atoms with Crippen LogP contribution in [-0.2, 0) is 21.2 Å². The van der Waals surface area contributed by atoms with Crippen LogP contribution in [0.5, 0.6) is 0 Å². The molecule has 0 aliphatic heterocycles. The van der Waals surface area contributed by atoms with Crippen molar-refractivity contribution in [2.24, 2.45) is 0 Å². The van der Waals surface area contributed by atoms with Gasteiger partial charge in [0.1, 0.15) is 0 Å². The molecule has 2 aromatic carbocycles. The first kappa shape index (κ1) is 24.4. The molecule has 0 atom stereocenters. The zero-order valence-corrected chi connectivity index (χ0v) is 19.4. The number of allylic oxidation sites excluding steroid dienone is 1. The molecule has 0 saturated heterocycles. The van der Waals surface area contributed by atoms with Crippen LogP contribution in [0, 0.1) is 6.92 Å². The minimum atomic E-state index is -3.53. The lowest BCUT2D eigenvalue weighted by Crippen LogP contribution is -2.26. The highest BCUT2D eigenvalue weighted by Crippen LogP contribution is 2.24. The molecule has 0 aliphatic rings. The van der Waals surface area contributed by atoms with Gasteiger partial charge in [0.2, 0.25) is 10.0 Å². The number of benzene rings is 2. The van der Waals surface area contributed by atoms with E-state index in [1.165, 1.54) is 0 Å². The molecule has 6 nitrogen and oxygen atoms in total. The van der Waals surface area contributed by atoms with Crippen molar-refractivity contribution >= 4 is 21.6 Å². The topological polar surface area (TPSA) is 96.4 Å². The summed E-state index contributed by atoms with van der Waals surface area (Å²) in [6.07, 6.45) is 7.47. The number of nitrogens with one attached hydrogen (secondary N) is 1. The van der Waals surface area contributed by atoms with E-state index in [0.717, 1.165) is 27.8 Å². The minimum Gasteiger partial charge on any atom is -0.481 e. The molecular weight excluding hydrogens is 436 g/mol. The van der Waals surface area contributed by atoms with Gasteiger partial charge in [-0.05, 0) is 61.1 Å². The van der Waals surface area contributed by atoms with Crippen LogP contribution in [0.15, 0.2) is 84.0 Å². The fraction of sp³-hybridized carbons (Fsp3) is 0.231. The van der Waals surface area contributed by atoms with Gasteiger partial charge in [-0.15, -0.1) is 0 Å². The number of hydrogen-bond acceptors (Lipinski definition) is 4. The van der Waals surface area contributed by atoms with E-state index in [4.69, 9.17) is 5.11 Å².